The van der Waals surface area contributed by atoms with Crippen molar-refractivity contribution in [3.63, 3.8) is 0 Å². The number of hydrogen-bond acceptors (Lipinski definition) is 4. The van der Waals surface area contributed by atoms with Crippen molar-refractivity contribution in [2.45, 2.75) is 26.2 Å². The standard InChI is InChI=1S/C13H25NO3/c1-4-12(13(15)16-3)10-14(2)9-11-5-7-17-8-6-11/h11-12H,4-10H2,1-3H3. The molecular formula is C13H25NO3. The minimum atomic E-state index is -0.0914. The fourth-order valence-electron chi connectivity index (χ4n) is 2.36. The smallest absolute Gasteiger partial charge is 0.309 e. The Morgan fingerprint density at radius 3 is 2.65 bits per heavy atom. The van der Waals surface area contributed by atoms with Crippen molar-refractivity contribution in [2.24, 2.45) is 11.8 Å². The number of methoxy groups -OCH3 is 1. The fraction of sp³-hybridized carbons (Fsp3) is 0.923. The predicted octanol–water partition coefficient (Wildman–Crippen LogP) is 1.54. The van der Waals surface area contributed by atoms with Crippen LogP contribution in [0.15, 0.2) is 0 Å². The molecular weight excluding hydrogens is 218 g/mol. The van der Waals surface area contributed by atoms with Crippen molar-refractivity contribution in [3.05, 3.63) is 0 Å². The summed E-state index contributed by atoms with van der Waals surface area (Å²) >= 11 is 0. The molecule has 0 spiro atoms. The van der Waals surface area contributed by atoms with Crippen molar-refractivity contribution in [1.82, 2.24) is 4.90 Å². The van der Waals surface area contributed by atoms with E-state index in [0.29, 0.717) is 5.92 Å². The Morgan fingerprint density at radius 1 is 1.47 bits per heavy atom. The van der Waals surface area contributed by atoms with Crippen LogP contribution in [0.25, 0.3) is 0 Å². The quantitative estimate of drug-likeness (QED) is 0.663. The number of esters is 1. The SMILES string of the molecule is CCC(CN(C)CC1CCOCC1)C(=O)OC. The Labute approximate surface area is 104 Å². The average Bonchev–Trinajstić information content (AvgIpc) is 2.36. The molecule has 0 saturated carbocycles. The molecule has 0 aromatic heterocycles. The van der Waals surface area contributed by atoms with Gasteiger partial charge in [-0.1, -0.05) is 6.92 Å². The third kappa shape index (κ3) is 5.04. The lowest BCUT2D eigenvalue weighted by atomic mass is 9.99. The van der Waals surface area contributed by atoms with Gasteiger partial charge in [0.1, 0.15) is 0 Å². The number of carbonyl (C=O) groups excluding carboxylic acids is 1. The van der Waals surface area contributed by atoms with Gasteiger partial charge in [-0.3, -0.25) is 4.79 Å². The summed E-state index contributed by atoms with van der Waals surface area (Å²) in [6.45, 7) is 5.64. The molecule has 1 unspecified atom stereocenters. The van der Waals surface area contributed by atoms with Gasteiger partial charge < -0.3 is 14.4 Å². The van der Waals surface area contributed by atoms with Crippen LogP contribution in [0.3, 0.4) is 0 Å². The minimum absolute atomic E-state index is 0.00448. The molecule has 0 radical (unpaired) electrons. The second-order valence-corrected chi connectivity index (χ2v) is 4.91. The normalized spacial score (nSPS) is 19.3. The van der Waals surface area contributed by atoms with Crippen molar-refractivity contribution >= 4 is 5.97 Å². The highest BCUT2D eigenvalue weighted by Gasteiger charge is 2.21. The molecule has 0 bridgehead atoms. The molecule has 1 aliphatic rings. The van der Waals surface area contributed by atoms with Crippen LogP contribution in [0, 0.1) is 11.8 Å². The van der Waals surface area contributed by atoms with Crippen LogP contribution >= 0.6 is 0 Å². The highest BCUT2D eigenvalue weighted by molar-refractivity contribution is 5.72. The Hall–Kier alpha value is -0.610. The largest absolute Gasteiger partial charge is 0.469 e. The van der Waals surface area contributed by atoms with Gasteiger partial charge in [-0.15, -0.1) is 0 Å². The predicted molar refractivity (Wildman–Crippen MR) is 66.8 cm³/mol. The monoisotopic (exact) mass is 243 g/mol. The maximum Gasteiger partial charge on any atom is 0.309 e. The van der Waals surface area contributed by atoms with Gasteiger partial charge in [-0.25, -0.2) is 0 Å². The molecule has 0 amide bonds. The Morgan fingerprint density at radius 2 is 2.12 bits per heavy atom. The van der Waals surface area contributed by atoms with E-state index in [1.54, 1.807) is 0 Å². The summed E-state index contributed by atoms with van der Waals surface area (Å²) in [6, 6.07) is 0. The molecule has 100 valence electrons. The van der Waals surface area contributed by atoms with Gasteiger partial charge in [0.05, 0.1) is 13.0 Å². The van der Waals surface area contributed by atoms with Gasteiger partial charge in [-0.05, 0) is 32.2 Å². The Kier molecular flexibility index (Phi) is 6.52. The van der Waals surface area contributed by atoms with E-state index >= 15 is 0 Å². The third-order valence-electron chi connectivity index (χ3n) is 3.47. The van der Waals surface area contributed by atoms with E-state index in [1.165, 1.54) is 7.11 Å². The molecule has 4 heteroatoms. The first-order valence-corrected chi connectivity index (χ1v) is 6.51. The number of hydrogen-bond donors (Lipinski definition) is 0. The molecule has 1 heterocycles. The van der Waals surface area contributed by atoms with Crippen molar-refractivity contribution in [1.29, 1.82) is 0 Å². The van der Waals surface area contributed by atoms with Crippen LogP contribution in [0.2, 0.25) is 0 Å². The van der Waals surface area contributed by atoms with Crippen LogP contribution in [-0.4, -0.2) is 51.3 Å². The molecule has 0 N–H and O–H groups in total. The molecule has 1 saturated heterocycles. The molecule has 1 rings (SSSR count). The van der Waals surface area contributed by atoms with E-state index in [9.17, 15) is 4.79 Å². The van der Waals surface area contributed by atoms with Crippen LogP contribution in [0.1, 0.15) is 26.2 Å². The lowest BCUT2D eigenvalue weighted by Crippen LogP contribution is -2.35. The van der Waals surface area contributed by atoms with E-state index in [4.69, 9.17) is 9.47 Å². The zero-order valence-corrected chi connectivity index (χ0v) is 11.3. The second-order valence-electron chi connectivity index (χ2n) is 4.91. The average molecular weight is 243 g/mol. The van der Waals surface area contributed by atoms with Crippen LogP contribution in [0.5, 0.6) is 0 Å². The number of rotatable bonds is 6. The second kappa shape index (κ2) is 7.67. The first kappa shape index (κ1) is 14.5. The zero-order chi connectivity index (χ0) is 12.7. The first-order valence-electron chi connectivity index (χ1n) is 6.51. The van der Waals surface area contributed by atoms with Gasteiger partial charge in [0, 0.05) is 26.3 Å². The molecule has 1 fully saturated rings. The van der Waals surface area contributed by atoms with Crippen molar-refractivity contribution in [3.8, 4) is 0 Å². The summed E-state index contributed by atoms with van der Waals surface area (Å²) in [4.78, 5) is 13.8. The van der Waals surface area contributed by atoms with Gasteiger partial charge >= 0.3 is 5.97 Å². The van der Waals surface area contributed by atoms with Crippen LogP contribution in [-0.2, 0) is 14.3 Å². The summed E-state index contributed by atoms with van der Waals surface area (Å²) in [5.74, 6) is 0.625. The van der Waals surface area contributed by atoms with Crippen molar-refractivity contribution < 1.29 is 14.3 Å². The first-order chi connectivity index (χ1) is 8.17. The maximum absolute atomic E-state index is 11.5. The van der Waals surface area contributed by atoms with E-state index in [-0.39, 0.29) is 11.9 Å². The van der Waals surface area contributed by atoms with Gasteiger partial charge in [0.15, 0.2) is 0 Å². The third-order valence-corrected chi connectivity index (χ3v) is 3.47. The molecule has 1 aliphatic heterocycles. The number of nitrogens with zero attached hydrogens (tertiary/aromatic N) is 1. The van der Waals surface area contributed by atoms with Crippen LogP contribution in [0.4, 0.5) is 0 Å². The van der Waals surface area contributed by atoms with Crippen molar-refractivity contribution in [2.75, 3.05) is 40.5 Å². The summed E-state index contributed by atoms with van der Waals surface area (Å²) in [5, 5.41) is 0. The lowest BCUT2D eigenvalue weighted by Gasteiger charge is -2.28. The Balaban J connectivity index is 2.30. The highest BCUT2D eigenvalue weighted by atomic mass is 16.5. The molecule has 4 nitrogen and oxygen atoms in total. The Bertz CT molecular complexity index is 227. The van der Waals surface area contributed by atoms with Crippen LogP contribution < -0.4 is 0 Å². The summed E-state index contributed by atoms with van der Waals surface area (Å²) in [6.07, 6.45) is 3.11. The molecule has 0 aromatic carbocycles. The van der Waals surface area contributed by atoms with Gasteiger partial charge in [0.25, 0.3) is 0 Å². The fourth-order valence-corrected chi connectivity index (χ4v) is 2.36. The molecule has 17 heavy (non-hydrogen) atoms. The van der Waals surface area contributed by atoms with E-state index in [0.717, 1.165) is 45.6 Å². The van der Waals surface area contributed by atoms with E-state index in [1.807, 2.05) is 6.92 Å². The maximum atomic E-state index is 11.5. The minimum Gasteiger partial charge on any atom is -0.469 e. The molecule has 1 atom stereocenters. The van der Waals surface area contributed by atoms with E-state index < -0.39 is 0 Å². The summed E-state index contributed by atoms with van der Waals surface area (Å²) in [7, 11) is 3.55. The molecule has 0 aliphatic carbocycles. The van der Waals surface area contributed by atoms with Gasteiger partial charge in [-0.2, -0.15) is 0 Å². The van der Waals surface area contributed by atoms with Gasteiger partial charge in [0.2, 0.25) is 0 Å². The number of ether oxygens (including phenoxy) is 2. The highest BCUT2D eigenvalue weighted by Crippen LogP contribution is 2.16. The zero-order valence-electron chi connectivity index (χ0n) is 11.3. The molecule has 0 aromatic rings. The number of carbonyl (C=O) groups is 1. The lowest BCUT2D eigenvalue weighted by molar-refractivity contribution is -0.146. The van der Waals surface area contributed by atoms with E-state index in [2.05, 4.69) is 11.9 Å². The summed E-state index contributed by atoms with van der Waals surface area (Å²) in [5.41, 5.74) is 0. The topological polar surface area (TPSA) is 38.8 Å². The summed E-state index contributed by atoms with van der Waals surface area (Å²) < 4.78 is 10.2.